The van der Waals surface area contributed by atoms with E-state index in [0.717, 1.165) is 37.7 Å². The summed E-state index contributed by atoms with van der Waals surface area (Å²) in [6.07, 6.45) is 7.44. The van der Waals surface area contributed by atoms with Gasteiger partial charge in [-0.3, -0.25) is 0 Å². The lowest BCUT2D eigenvalue weighted by Gasteiger charge is -2.30. The second kappa shape index (κ2) is 7.82. The first kappa shape index (κ1) is 17.1. The molecule has 1 aliphatic rings. The largest absolute Gasteiger partial charge is 0.389 e. The monoisotopic (exact) mass is 329 g/mol. The Morgan fingerprint density at radius 2 is 1.86 bits per heavy atom. The van der Waals surface area contributed by atoms with Gasteiger partial charge in [0, 0.05) is 22.6 Å². The third-order valence-electron chi connectivity index (χ3n) is 4.46. The standard InChI is InChI=1S/C17H25Cl2NO/c1-2-16(14-8-7-13(18)11-15(14)19)20-12-17(21)9-5-3-4-6-10-17/h7-8,11,16,20-21H,2-6,9-10,12H2,1H3. The highest BCUT2D eigenvalue weighted by molar-refractivity contribution is 6.35. The molecule has 0 saturated heterocycles. The Balaban J connectivity index is 2.01. The van der Waals surface area contributed by atoms with Crippen molar-refractivity contribution in [1.29, 1.82) is 0 Å². The fourth-order valence-electron chi connectivity index (χ4n) is 3.13. The zero-order chi connectivity index (χ0) is 15.3. The first-order valence-corrected chi connectivity index (χ1v) is 8.70. The number of halogens is 2. The van der Waals surface area contributed by atoms with Crippen molar-refractivity contribution in [2.75, 3.05) is 6.54 Å². The first-order chi connectivity index (χ1) is 10.0. The van der Waals surface area contributed by atoms with Crippen LogP contribution < -0.4 is 5.32 Å². The highest BCUT2D eigenvalue weighted by Crippen LogP contribution is 2.30. The predicted octanol–water partition coefficient (Wildman–Crippen LogP) is 5.12. The van der Waals surface area contributed by atoms with Gasteiger partial charge in [0.05, 0.1) is 5.60 Å². The van der Waals surface area contributed by atoms with Crippen LogP contribution in [0.1, 0.15) is 63.5 Å². The summed E-state index contributed by atoms with van der Waals surface area (Å²) in [6, 6.07) is 5.78. The van der Waals surface area contributed by atoms with Gasteiger partial charge < -0.3 is 10.4 Å². The molecule has 0 heterocycles. The first-order valence-electron chi connectivity index (χ1n) is 7.95. The Morgan fingerprint density at radius 3 is 2.43 bits per heavy atom. The lowest BCUT2D eigenvalue weighted by molar-refractivity contribution is 0.0225. The van der Waals surface area contributed by atoms with Crippen molar-refractivity contribution in [2.45, 2.75) is 63.5 Å². The highest BCUT2D eigenvalue weighted by atomic mass is 35.5. The van der Waals surface area contributed by atoms with Gasteiger partial charge in [-0.15, -0.1) is 0 Å². The molecule has 0 aliphatic heterocycles. The van der Waals surface area contributed by atoms with Crippen molar-refractivity contribution >= 4 is 23.2 Å². The molecule has 0 bridgehead atoms. The molecule has 118 valence electrons. The lowest BCUT2D eigenvalue weighted by atomic mass is 9.93. The van der Waals surface area contributed by atoms with Crippen molar-refractivity contribution in [3.05, 3.63) is 33.8 Å². The van der Waals surface area contributed by atoms with E-state index in [2.05, 4.69) is 12.2 Å². The van der Waals surface area contributed by atoms with Gasteiger partial charge in [-0.05, 0) is 37.0 Å². The number of nitrogens with one attached hydrogen (secondary N) is 1. The number of hydrogen-bond acceptors (Lipinski definition) is 2. The molecule has 2 N–H and O–H groups in total. The van der Waals surface area contributed by atoms with E-state index in [0.29, 0.717) is 16.6 Å². The van der Waals surface area contributed by atoms with Crippen LogP contribution in [-0.2, 0) is 0 Å². The van der Waals surface area contributed by atoms with E-state index in [1.54, 1.807) is 6.07 Å². The van der Waals surface area contributed by atoms with Crippen LogP contribution in [0.3, 0.4) is 0 Å². The average Bonchev–Trinajstić information content (AvgIpc) is 2.66. The molecule has 1 aromatic carbocycles. The van der Waals surface area contributed by atoms with Gasteiger partial charge in [-0.25, -0.2) is 0 Å². The Labute approximate surface area is 137 Å². The Bertz CT molecular complexity index is 456. The molecule has 0 radical (unpaired) electrons. The molecule has 0 aromatic heterocycles. The van der Waals surface area contributed by atoms with Crippen LogP contribution in [0.4, 0.5) is 0 Å². The van der Waals surface area contributed by atoms with E-state index in [1.165, 1.54) is 12.8 Å². The second-order valence-corrected chi connectivity index (χ2v) is 6.99. The molecule has 2 rings (SSSR count). The van der Waals surface area contributed by atoms with Crippen molar-refractivity contribution in [2.24, 2.45) is 0 Å². The normalized spacial score (nSPS) is 20.0. The van der Waals surface area contributed by atoms with Gasteiger partial charge in [-0.1, -0.05) is 61.9 Å². The van der Waals surface area contributed by atoms with Gasteiger partial charge >= 0.3 is 0 Å². The summed E-state index contributed by atoms with van der Waals surface area (Å²) < 4.78 is 0. The summed E-state index contributed by atoms with van der Waals surface area (Å²) in [5.74, 6) is 0. The molecule has 0 spiro atoms. The number of rotatable bonds is 5. The predicted molar refractivity (Wildman–Crippen MR) is 90.1 cm³/mol. The highest BCUT2D eigenvalue weighted by Gasteiger charge is 2.28. The molecule has 2 nitrogen and oxygen atoms in total. The molecule has 1 fully saturated rings. The minimum Gasteiger partial charge on any atom is -0.389 e. The third kappa shape index (κ3) is 4.85. The van der Waals surface area contributed by atoms with Crippen molar-refractivity contribution in [3.8, 4) is 0 Å². The summed E-state index contributed by atoms with van der Waals surface area (Å²) >= 11 is 12.3. The smallest absolute Gasteiger partial charge is 0.0771 e. The summed E-state index contributed by atoms with van der Waals surface area (Å²) in [5.41, 5.74) is 0.490. The summed E-state index contributed by atoms with van der Waals surface area (Å²) in [6.45, 7) is 2.75. The van der Waals surface area contributed by atoms with Crippen LogP contribution in [0, 0.1) is 0 Å². The Kier molecular flexibility index (Phi) is 6.36. The van der Waals surface area contributed by atoms with Crippen LogP contribution in [0.25, 0.3) is 0 Å². The Morgan fingerprint density at radius 1 is 1.19 bits per heavy atom. The molecule has 1 aromatic rings. The molecule has 1 unspecified atom stereocenters. The van der Waals surface area contributed by atoms with Gasteiger partial charge in [0.15, 0.2) is 0 Å². The Hall–Kier alpha value is -0.280. The molecule has 1 atom stereocenters. The summed E-state index contributed by atoms with van der Waals surface area (Å²) in [7, 11) is 0. The number of aliphatic hydroxyl groups is 1. The SMILES string of the molecule is CCC(NCC1(O)CCCCCC1)c1ccc(Cl)cc1Cl. The van der Waals surface area contributed by atoms with Crippen LogP contribution >= 0.6 is 23.2 Å². The van der Waals surface area contributed by atoms with E-state index in [-0.39, 0.29) is 6.04 Å². The molecular weight excluding hydrogens is 305 g/mol. The molecule has 0 amide bonds. The average molecular weight is 330 g/mol. The summed E-state index contributed by atoms with van der Waals surface area (Å²) in [5, 5.41) is 15.6. The van der Waals surface area contributed by atoms with Crippen LogP contribution in [0.5, 0.6) is 0 Å². The fraction of sp³-hybridized carbons (Fsp3) is 0.647. The topological polar surface area (TPSA) is 32.3 Å². The number of hydrogen-bond donors (Lipinski definition) is 2. The van der Waals surface area contributed by atoms with E-state index in [9.17, 15) is 5.11 Å². The molecule has 4 heteroatoms. The van der Waals surface area contributed by atoms with Gasteiger partial charge in [0.1, 0.15) is 0 Å². The minimum absolute atomic E-state index is 0.155. The fourth-order valence-corrected chi connectivity index (χ4v) is 3.68. The van der Waals surface area contributed by atoms with E-state index >= 15 is 0 Å². The van der Waals surface area contributed by atoms with Gasteiger partial charge in [0.2, 0.25) is 0 Å². The number of benzene rings is 1. The third-order valence-corrected chi connectivity index (χ3v) is 5.02. The van der Waals surface area contributed by atoms with E-state index < -0.39 is 5.60 Å². The van der Waals surface area contributed by atoms with Gasteiger partial charge in [0.25, 0.3) is 0 Å². The quantitative estimate of drug-likeness (QED) is 0.735. The van der Waals surface area contributed by atoms with E-state index in [4.69, 9.17) is 23.2 Å². The molecule has 1 saturated carbocycles. The maximum atomic E-state index is 10.7. The lowest BCUT2D eigenvalue weighted by Crippen LogP contribution is -2.41. The maximum Gasteiger partial charge on any atom is 0.0771 e. The second-order valence-electron chi connectivity index (χ2n) is 6.15. The summed E-state index contributed by atoms with van der Waals surface area (Å²) in [4.78, 5) is 0. The van der Waals surface area contributed by atoms with E-state index in [1.807, 2.05) is 12.1 Å². The van der Waals surface area contributed by atoms with Crippen molar-refractivity contribution in [3.63, 3.8) is 0 Å². The van der Waals surface area contributed by atoms with Crippen LogP contribution in [0.2, 0.25) is 10.0 Å². The molecular formula is C17H25Cl2NO. The van der Waals surface area contributed by atoms with Gasteiger partial charge in [-0.2, -0.15) is 0 Å². The van der Waals surface area contributed by atoms with Crippen LogP contribution in [0.15, 0.2) is 18.2 Å². The molecule has 21 heavy (non-hydrogen) atoms. The van der Waals surface area contributed by atoms with Crippen LogP contribution in [-0.4, -0.2) is 17.3 Å². The van der Waals surface area contributed by atoms with Crippen molar-refractivity contribution < 1.29 is 5.11 Å². The zero-order valence-corrected chi connectivity index (χ0v) is 14.2. The minimum atomic E-state index is -0.567. The maximum absolute atomic E-state index is 10.7. The molecule has 1 aliphatic carbocycles. The van der Waals surface area contributed by atoms with Crippen molar-refractivity contribution in [1.82, 2.24) is 5.32 Å². The zero-order valence-electron chi connectivity index (χ0n) is 12.7.